The Morgan fingerprint density at radius 1 is 1.23 bits per heavy atom. The van der Waals surface area contributed by atoms with Crippen LogP contribution in [0, 0.1) is 0 Å². The van der Waals surface area contributed by atoms with Gasteiger partial charge >= 0.3 is 0 Å². The predicted molar refractivity (Wildman–Crippen MR) is 82.2 cm³/mol. The molecule has 0 amide bonds. The summed E-state index contributed by atoms with van der Waals surface area (Å²) in [6.45, 7) is 1.67. The van der Waals surface area contributed by atoms with E-state index in [0.717, 1.165) is 24.6 Å². The van der Waals surface area contributed by atoms with Crippen LogP contribution in [0.15, 0.2) is 31.1 Å². The van der Waals surface area contributed by atoms with Crippen molar-refractivity contribution in [1.82, 2.24) is 29.5 Å². The van der Waals surface area contributed by atoms with Crippen LogP contribution in [0.2, 0.25) is 5.02 Å². The Bertz CT molecular complexity index is 795. The SMILES string of the molecule is CN(c1ncc(Cl)cn1)C1CN(c2nccn3cnnc23)C1. The minimum absolute atomic E-state index is 0.325. The van der Waals surface area contributed by atoms with Crippen molar-refractivity contribution in [3.63, 3.8) is 0 Å². The summed E-state index contributed by atoms with van der Waals surface area (Å²) in [6, 6.07) is 0.325. The second-order valence-electron chi connectivity index (χ2n) is 5.18. The maximum absolute atomic E-state index is 5.82. The van der Waals surface area contributed by atoms with Gasteiger partial charge in [0.1, 0.15) is 6.33 Å². The molecule has 0 aliphatic carbocycles. The normalized spacial score (nSPS) is 15.1. The van der Waals surface area contributed by atoms with Crippen LogP contribution in [-0.4, -0.2) is 55.7 Å². The van der Waals surface area contributed by atoms with Gasteiger partial charge in [-0.1, -0.05) is 11.6 Å². The number of aromatic nitrogens is 6. The number of halogens is 1. The van der Waals surface area contributed by atoms with Gasteiger partial charge in [0.2, 0.25) is 11.6 Å². The Morgan fingerprint density at radius 3 is 2.77 bits per heavy atom. The van der Waals surface area contributed by atoms with Crippen molar-refractivity contribution in [2.24, 2.45) is 0 Å². The lowest BCUT2D eigenvalue weighted by atomic mass is 10.1. The molecule has 0 unspecified atom stereocenters. The fraction of sp³-hybridized carbons (Fsp3) is 0.308. The van der Waals surface area contributed by atoms with Crippen LogP contribution in [0.5, 0.6) is 0 Å². The lowest BCUT2D eigenvalue weighted by Crippen LogP contribution is -2.59. The van der Waals surface area contributed by atoms with Gasteiger partial charge in [-0.25, -0.2) is 15.0 Å². The highest BCUT2D eigenvalue weighted by atomic mass is 35.5. The van der Waals surface area contributed by atoms with E-state index < -0.39 is 0 Å². The summed E-state index contributed by atoms with van der Waals surface area (Å²) < 4.78 is 1.86. The van der Waals surface area contributed by atoms with Crippen LogP contribution >= 0.6 is 11.6 Å². The quantitative estimate of drug-likeness (QED) is 0.710. The molecule has 3 aromatic rings. The fourth-order valence-corrected chi connectivity index (χ4v) is 2.59. The Morgan fingerprint density at radius 2 is 2.00 bits per heavy atom. The number of rotatable bonds is 3. The molecule has 4 rings (SSSR count). The number of hydrogen-bond donors (Lipinski definition) is 0. The van der Waals surface area contributed by atoms with E-state index >= 15 is 0 Å². The molecule has 1 aliphatic heterocycles. The Labute approximate surface area is 131 Å². The van der Waals surface area contributed by atoms with Crippen molar-refractivity contribution < 1.29 is 0 Å². The maximum atomic E-state index is 5.82. The van der Waals surface area contributed by atoms with Gasteiger partial charge in [-0.3, -0.25) is 4.40 Å². The zero-order valence-corrected chi connectivity index (χ0v) is 12.6. The number of fused-ring (bicyclic) bond motifs is 1. The van der Waals surface area contributed by atoms with E-state index in [1.807, 2.05) is 17.6 Å². The Kier molecular flexibility index (Phi) is 3.04. The number of hydrogen-bond acceptors (Lipinski definition) is 7. The van der Waals surface area contributed by atoms with Gasteiger partial charge in [0.25, 0.3) is 0 Å². The van der Waals surface area contributed by atoms with Gasteiger partial charge in [0.15, 0.2) is 5.82 Å². The van der Waals surface area contributed by atoms with E-state index in [1.54, 1.807) is 24.9 Å². The molecule has 0 radical (unpaired) electrons. The van der Waals surface area contributed by atoms with E-state index in [9.17, 15) is 0 Å². The molecule has 0 saturated carbocycles. The molecular formula is C13H13ClN8. The summed E-state index contributed by atoms with van der Waals surface area (Å²) in [7, 11) is 1.98. The first-order valence-electron chi connectivity index (χ1n) is 6.82. The number of anilines is 2. The lowest BCUT2D eigenvalue weighted by molar-refractivity contribution is 0.487. The molecule has 4 heterocycles. The van der Waals surface area contributed by atoms with Crippen LogP contribution in [0.4, 0.5) is 11.8 Å². The summed E-state index contributed by atoms with van der Waals surface area (Å²) in [5.41, 5.74) is 0.770. The smallest absolute Gasteiger partial charge is 0.225 e. The summed E-state index contributed by atoms with van der Waals surface area (Å²) >= 11 is 5.82. The molecular weight excluding hydrogens is 304 g/mol. The highest BCUT2D eigenvalue weighted by Gasteiger charge is 2.33. The van der Waals surface area contributed by atoms with Gasteiger partial charge in [-0.15, -0.1) is 10.2 Å². The molecule has 8 nitrogen and oxygen atoms in total. The summed E-state index contributed by atoms with van der Waals surface area (Å²) in [5, 5.41) is 8.57. The molecule has 9 heteroatoms. The van der Waals surface area contributed by atoms with E-state index in [-0.39, 0.29) is 0 Å². The average Bonchev–Trinajstić information content (AvgIpc) is 2.95. The molecule has 3 aromatic heterocycles. The van der Waals surface area contributed by atoms with Crippen molar-refractivity contribution in [3.8, 4) is 0 Å². The molecule has 112 valence electrons. The topological polar surface area (TPSA) is 75.3 Å². The van der Waals surface area contributed by atoms with Crippen molar-refractivity contribution in [1.29, 1.82) is 0 Å². The molecule has 1 aliphatic rings. The zero-order chi connectivity index (χ0) is 15.1. The van der Waals surface area contributed by atoms with Crippen LogP contribution in [0.25, 0.3) is 5.65 Å². The first-order valence-corrected chi connectivity index (χ1v) is 7.20. The van der Waals surface area contributed by atoms with Crippen molar-refractivity contribution in [2.45, 2.75) is 6.04 Å². The second kappa shape index (κ2) is 5.06. The fourth-order valence-electron chi connectivity index (χ4n) is 2.49. The first kappa shape index (κ1) is 13.2. The average molecular weight is 317 g/mol. The Balaban J connectivity index is 1.49. The van der Waals surface area contributed by atoms with E-state index in [2.05, 4.69) is 34.9 Å². The van der Waals surface area contributed by atoms with Crippen LogP contribution in [-0.2, 0) is 0 Å². The highest BCUT2D eigenvalue weighted by molar-refractivity contribution is 6.30. The van der Waals surface area contributed by atoms with Gasteiger partial charge < -0.3 is 9.80 Å². The molecule has 0 bridgehead atoms. The molecule has 0 spiro atoms. The van der Waals surface area contributed by atoms with E-state index in [1.165, 1.54) is 0 Å². The lowest BCUT2D eigenvalue weighted by Gasteiger charge is -2.44. The summed E-state index contributed by atoms with van der Waals surface area (Å²) in [4.78, 5) is 17.1. The third-order valence-electron chi connectivity index (χ3n) is 3.83. The van der Waals surface area contributed by atoms with Gasteiger partial charge in [0, 0.05) is 32.5 Å². The van der Waals surface area contributed by atoms with Crippen LogP contribution < -0.4 is 9.80 Å². The van der Waals surface area contributed by atoms with Crippen LogP contribution in [0.3, 0.4) is 0 Å². The standard InChI is InChI=1S/C13H13ClN8/c1-20(13-16-4-9(14)5-17-13)10-6-22(7-10)11-12-19-18-8-21(12)3-2-15-11/h2-5,8,10H,6-7H2,1H3. The summed E-state index contributed by atoms with van der Waals surface area (Å²) in [6.07, 6.45) is 8.48. The molecule has 0 aromatic carbocycles. The Hall–Kier alpha value is -2.48. The third kappa shape index (κ3) is 2.12. The van der Waals surface area contributed by atoms with Crippen molar-refractivity contribution in [2.75, 3.05) is 29.9 Å². The highest BCUT2D eigenvalue weighted by Crippen LogP contribution is 2.25. The maximum Gasteiger partial charge on any atom is 0.225 e. The molecule has 1 saturated heterocycles. The first-order chi connectivity index (χ1) is 10.7. The largest absolute Gasteiger partial charge is 0.349 e. The minimum Gasteiger partial charge on any atom is -0.349 e. The number of likely N-dealkylation sites (N-methyl/N-ethyl adjacent to an activating group) is 1. The zero-order valence-electron chi connectivity index (χ0n) is 11.8. The molecule has 0 N–H and O–H groups in total. The van der Waals surface area contributed by atoms with Crippen molar-refractivity contribution >= 4 is 29.0 Å². The van der Waals surface area contributed by atoms with Crippen LogP contribution in [0.1, 0.15) is 0 Å². The van der Waals surface area contributed by atoms with Gasteiger partial charge in [-0.2, -0.15) is 0 Å². The van der Waals surface area contributed by atoms with E-state index in [0.29, 0.717) is 17.0 Å². The minimum atomic E-state index is 0.325. The van der Waals surface area contributed by atoms with Gasteiger partial charge in [-0.05, 0) is 0 Å². The second-order valence-corrected chi connectivity index (χ2v) is 5.62. The monoisotopic (exact) mass is 316 g/mol. The summed E-state index contributed by atoms with van der Waals surface area (Å²) in [5.74, 6) is 1.52. The predicted octanol–water partition coefficient (Wildman–Crippen LogP) is 0.893. The number of nitrogens with zero attached hydrogens (tertiary/aromatic N) is 8. The molecule has 1 fully saturated rings. The van der Waals surface area contributed by atoms with E-state index in [4.69, 9.17) is 11.6 Å². The third-order valence-corrected chi connectivity index (χ3v) is 4.02. The van der Waals surface area contributed by atoms with Gasteiger partial charge in [0.05, 0.1) is 23.5 Å². The van der Waals surface area contributed by atoms with Crippen molar-refractivity contribution in [3.05, 3.63) is 36.1 Å². The molecule has 0 atom stereocenters. The molecule has 22 heavy (non-hydrogen) atoms.